The van der Waals surface area contributed by atoms with Crippen LogP contribution >= 0.6 is 0 Å². The SMILES string of the molecule is O=C(CN1CCCC1CN1CCCCC1)Nc1ccccc1. The Morgan fingerprint density at radius 1 is 1.05 bits per heavy atom. The van der Waals surface area contributed by atoms with E-state index in [1.54, 1.807) is 0 Å². The van der Waals surface area contributed by atoms with Crippen LogP contribution in [0.4, 0.5) is 5.69 Å². The molecule has 2 saturated heterocycles. The lowest BCUT2D eigenvalue weighted by molar-refractivity contribution is -0.117. The minimum atomic E-state index is 0.108. The number of hydrogen-bond acceptors (Lipinski definition) is 3. The molecule has 4 heteroatoms. The van der Waals surface area contributed by atoms with Gasteiger partial charge in [0.1, 0.15) is 0 Å². The van der Waals surface area contributed by atoms with E-state index in [1.165, 1.54) is 45.2 Å². The number of nitrogens with one attached hydrogen (secondary N) is 1. The third-order valence-electron chi connectivity index (χ3n) is 4.82. The molecule has 0 radical (unpaired) electrons. The van der Waals surface area contributed by atoms with E-state index < -0.39 is 0 Å². The highest BCUT2D eigenvalue weighted by Crippen LogP contribution is 2.20. The fourth-order valence-corrected chi connectivity index (χ4v) is 3.66. The first kappa shape index (κ1) is 15.5. The van der Waals surface area contributed by atoms with Gasteiger partial charge in [0.2, 0.25) is 5.91 Å². The van der Waals surface area contributed by atoms with E-state index in [4.69, 9.17) is 0 Å². The van der Waals surface area contributed by atoms with Crippen molar-refractivity contribution in [2.75, 3.05) is 38.0 Å². The Kier molecular flexibility index (Phi) is 5.46. The summed E-state index contributed by atoms with van der Waals surface area (Å²) in [4.78, 5) is 17.2. The predicted molar refractivity (Wildman–Crippen MR) is 90.0 cm³/mol. The fraction of sp³-hybridized carbons (Fsp3) is 0.611. The van der Waals surface area contributed by atoms with E-state index in [9.17, 15) is 4.79 Å². The summed E-state index contributed by atoms with van der Waals surface area (Å²) in [6.07, 6.45) is 6.50. The van der Waals surface area contributed by atoms with Crippen molar-refractivity contribution in [3.05, 3.63) is 30.3 Å². The molecule has 0 aromatic heterocycles. The second-order valence-corrected chi connectivity index (χ2v) is 6.54. The lowest BCUT2D eigenvalue weighted by atomic mass is 10.1. The number of nitrogens with zero attached hydrogens (tertiary/aromatic N) is 2. The zero-order valence-electron chi connectivity index (χ0n) is 13.3. The van der Waals surface area contributed by atoms with Gasteiger partial charge in [0.25, 0.3) is 0 Å². The minimum Gasteiger partial charge on any atom is -0.325 e. The van der Waals surface area contributed by atoms with Crippen LogP contribution in [0.15, 0.2) is 30.3 Å². The molecule has 1 unspecified atom stereocenters. The molecule has 1 amide bonds. The van der Waals surface area contributed by atoms with Crippen molar-refractivity contribution >= 4 is 11.6 Å². The van der Waals surface area contributed by atoms with E-state index in [2.05, 4.69) is 15.1 Å². The van der Waals surface area contributed by atoms with Crippen molar-refractivity contribution in [2.24, 2.45) is 0 Å². The number of anilines is 1. The van der Waals surface area contributed by atoms with Gasteiger partial charge in [-0.1, -0.05) is 24.6 Å². The number of para-hydroxylation sites is 1. The average Bonchev–Trinajstić information content (AvgIpc) is 2.96. The van der Waals surface area contributed by atoms with Crippen LogP contribution in [0.3, 0.4) is 0 Å². The normalized spacial score (nSPS) is 23.5. The first-order valence-corrected chi connectivity index (χ1v) is 8.62. The third-order valence-corrected chi connectivity index (χ3v) is 4.82. The maximum Gasteiger partial charge on any atom is 0.238 e. The summed E-state index contributed by atoms with van der Waals surface area (Å²) < 4.78 is 0. The second kappa shape index (κ2) is 7.75. The molecule has 4 nitrogen and oxygen atoms in total. The molecule has 1 aromatic carbocycles. The largest absolute Gasteiger partial charge is 0.325 e. The first-order valence-electron chi connectivity index (χ1n) is 8.62. The molecular formula is C18H27N3O. The summed E-state index contributed by atoms with van der Waals surface area (Å²) in [6, 6.07) is 10.3. The summed E-state index contributed by atoms with van der Waals surface area (Å²) in [5.74, 6) is 0.108. The smallest absolute Gasteiger partial charge is 0.238 e. The van der Waals surface area contributed by atoms with Gasteiger partial charge < -0.3 is 10.2 Å². The Labute approximate surface area is 133 Å². The standard InChI is InChI=1S/C18H27N3O/c22-18(19-16-8-3-1-4-9-16)15-21-13-7-10-17(21)14-20-11-5-2-6-12-20/h1,3-4,8-9,17H,2,5-7,10-15H2,(H,19,22). The van der Waals surface area contributed by atoms with Crippen LogP contribution in [0.2, 0.25) is 0 Å². The summed E-state index contributed by atoms with van der Waals surface area (Å²) >= 11 is 0. The van der Waals surface area contributed by atoms with Gasteiger partial charge in [-0.3, -0.25) is 9.69 Å². The van der Waals surface area contributed by atoms with Gasteiger partial charge in [-0.05, 0) is 57.5 Å². The van der Waals surface area contributed by atoms with Gasteiger partial charge in [0, 0.05) is 18.3 Å². The monoisotopic (exact) mass is 301 g/mol. The summed E-state index contributed by atoms with van der Waals surface area (Å²) in [5, 5.41) is 3.00. The number of amides is 1. The van der Waals surface area contributed by atoms with Crippen LogP contribution in [0.1, 0.15) is 32.1 Å². The molecule has 0 spiro atoms. The molecule has 3 rings (SSSR count). The highest BCUT2D eigenvalue weighted by atomic mass is 16.2. The first-order chi connectivity index (χ1) is 10.8. The van der Waals surface area contributed by atoms with Crippen molar-refractivity contribution in [3.8, 4) is 0 Å². The van der Waals surface area contributed by atoms with Crippen LogP contribution in [-0.2, 0) is 4.79 Å². The Morgan fingerprint density at radius 3 is 2.59 bits per heavy atom. The molecular weight excluding hydrogens is 274 g/mol. The molecule has 0 aliphatic carbocycles. The molecule has 22 heavy (non-hydrogen) atoms. The van der Waals surface area contributed by atoms with Gasteiger partial charge in [-0.25, -0.2) is 0 Å². The Balaban J connectivity index is 1.48. The van der Waals surface area contributed by atoms with E-state index >= 15 is 0 Å². The van der Waals surface area contributed by atoms with Gasteiger partial charge in [-0.2, -0.15) is 0 Å². The molecule has 1 atom stereocenters. The Morgan fingerprint density at radius 2 is 1.82 bits per heavy atom. The lowest BCUT2D eigenvalue weighted by Gasteiger charge is -2.32. The molecule has 0 bridgehead atoms. The van der Waals surface area contributed by atoms with Crippen molar-refractivity contribution in [1.82, 2.24) is 9.80 Å². The van der Waals surface area contributed by atoms with E-state index in [0.717, 1.165) is 18.8 Å². The average molecular weight is 301 g/mol. The highest BCUT2D eigenvalue weighted by Gasteiger charge is 2.28. The summed E-state index contributed by atoms with van der Waals surface area (Å²) in [5.41, 5.74) is 0.888. The van der Waals surface area contributed by atoms with Crippen molar-refractivity contribution in [1.29, 1.82) is 0 Å². The second-order valence-electron chi connectivity index (χ2n) is 6.54. The quantitative estimate of drug-likeness (QED) is 0.908. The molecule has 1 N–H and O–H groups in total. The van der Waals surface area contributed by atoms with Crippen LogP contribution in [0.5, 0.6) is 0 Å². The van der Waals surface area contributed by atoms with Gasteiger partial charge in [-0.15, -0.1) is 0 Å². The molecule has 2 aliphatic rings. The number of likely N-dealkylation sites (tertiary alicyclic amines) is 2. The topological polar surface area (TPSA) is 35.6 Å². The zero-order chi connectivity index (χ0) is 15.2. The lowest BCUT2D eigenvalue weighted by Crippen LogP contribution is -2.44. The van der Waals surface area contributed by atoms with Crippen LogP contribution in [0.25, 0.3) is 0 Å². The van der Waals surface area contributed by atoms with Crippen LogP contribution in [-0.4, -0.2) is 54.5 Å². The van der Waals surface area contributed by atoms with Crippen molar-refractivity contribution in [2.45, 2.75) is 38.1 Å². The fourth-order valence-electron chi connectivity index (χ4n) is 3.66. The minimum absolute atomic E-state index is 0.108. The van der Waals surface area contributed by atoms with Gasteiger partial charge in [0.05, 0.1) is 6.54 Å². The maximum absolute atomic E-state index is 12.2. The predicted octanol–water partition coefficient (Wildman–Crippen LogP) is 2.58. The molecule has 0 saturated carbocycles. The zero-order valence-corrected chi connectivity index (χ0v) is 13.3. The number of benzene rings is 1. The number of rotatable bonds is 5. The van der Waals surface area contributed by atoms with E-state index in [0.29, 0.717) is 12.6 Å². The van der Waals surface area contributed by atoms with E-state index in [1.807, 2.05) is 30.3 Å². The molecule has 2 heterocycles. The number of hydrogen-bond donors (Lipinski definition) is 1. The molecule has 120 valence electrons. The number of carbonyl (C=O) groups excluding carboxylic acids is 1. The van der Waals surface area contributed by atoms with Gasteiger partial charge in [0.15, 0.2) is 0 Å². The molecule has 1 aromatic rings. The van der Waals surface area contributed by atoms with Crippen LogP contribution in [0, 0.1) is 0 Å². The highest BCUT2D eigenvalue weighted by molar-refractivity contribution is 5.92. The van der Waals surface area contributed by atoms with Gasteiger partial charge >= 0.3 is 0 Å². The number of carbonyl (C=O) groups is 1. The Bertz CT molecular complexity index is 470. The van der Waals surface area contributed by atoms with Crippen molar-refractivity contribution < 1.29 is 4.79 Å². The maximum atomic E-state index is 12.2. The Hall–Kier alpha value is -1.39. The summed E-state index contributed by atoms with van der Waals surface area (Å²) in [7, 11) is 0. The van der Waals surface area contributed by atoms with Crippen LogP contribution < -0.4 is 5.32 Å². The van der Waals surface area contributed by atoms with Crippen molar-refractivity contribution in [3.63, 3.8) is 0 Å². The summed E-state index contributed by atoms with van der Waals surface area (Å²) in [6.45, 7) is 5.19. The number of piperidine rings is 1. The molecule has 2 fully saturated rings. The third kappa shape index (κ3) is 4.31. The van der Waals surface area contributed by atoms with E-state index in [-0.39, 0.29) is 5.91 Å². The molecule has 2 aliphatic heterocycles.